The van der Waals surface area contributed by atoms with Crippen LogP contribution in [-0.4, -0.2) is 15.0 Å². The summed E-state index contributed by atoms with van der Waals surface area (Å²) < 4.78 is 3.20. The predicted octanol–water partition coefficient (Wildman–Crippen LogP) is 1.96. The molecule has 0 saturated heterocycles. The first kappa shape index (κ1) is 7.92. The summed E-state index contributed by atoms with van der Waals surface area (Å²) in [7, 11) is 0. The molecule has 0 amide bonds. The first-order valence-corrected chi connectivity index (χ1v) is 6.77. The fraction of sp³-hybridized carbons (Fsp3) is 0. The molecule has 0 radical (unpaired) electrons. The van der Waals surface area contributed by atoms with Crippen LogP contribution in [0.2, 0.25) is 0 Å². The molecule has 1 heteroatoms. The van der Waals surface area contributed by atoms with E-state index in [1.54, 1.807) is 8.92 Å². The van der Waals surface area contributed by atoms with Gasteiger partial charge in [0.25, 0.3) is 0 Å². The number of benzene rings is 3. The molecule has 0 spiro atoms. The molecular formula is C14H8Se. The molecule has 0 saturated carbocycles. The van der Waals surface area contributed by atoms with Crippen LogP contribution in [0, 0.1) is 0 Å². The number of fused-ring (bicyclic) bond motifs is 5. The van der Waals surface area contributed by atoms with Crippen LogP contribution in [0.15, 0.2) is 48.5 Å². The van der Waals surface area contributed by atoms with E-state index >= 15 is 0 Å². The third-order valence-corrected chi connectivity index (χ3v) is 5.11. The van der Waals surface area contributed by atoms with E-state index in [1.807, 2.05) is 0 Å². The first-order valence-electron chi connectivity index (χ1n) is 5.06. The number of rotatable bonds is 0. The summed E-state index contributed by atoms with van der Waals surface area (Å²) in [5, 5.41) is 5.64. The van der Waals surface area contributed by atoms with Gasteiger partial charge in [-0.1, -0.05) is 0 Å². The molecule has 0 unspecified atom stereocenters. The Morgan fingerprint density at radius 1 is 0.667 bits per heavy atom. The summed E-state index contributed by atoms with van der Waals surface area (Å²) in [5.74, 6) is 0. The van der Waals surface area contributed by atoms with Crippen LogP contribution in [0.3, 0.4) is 0 Å². The van der Waals surface area contributed by atoms with Crippen molar-refractivity contribution in [1.29, 1.82) is 0 Å². The fourth-order valence-corrected chi connectivity index (χ4v) is 3.83. The quantitative estimate of drug-likeness (QED) is 0.333. The van der Waals surface area contributed by atoms with Crippen LogP contribution < -0.4 is 8.92 Å². The molecule has 0 atom stereocenters. The third kappa shape index (κ3) is 1.02. The Labute approximate surface area is 94.1 Å². The van der Waals surface area contributed by atoms with Gasteiger partial charge in [-0.2, -0.15) is 0 Å². The maximum atomic E-state index is 2.30. The van der Waals surface area contributed by atoms with Gasteiger partial charge in [0, 0.05) is 0 Å². The monoisotopic (exact) mass is 256 g/mol. The third-order valence-electron chi connectivity index (χ3n) is 3.01. The molecule has 3 aromatic rings. The van der Waals surface area contributed by atoms with Gasteiger partial charge in [0.05, 0.1) is 0 Å². The van der Waals surface area contributed by atoms with Gasteiger partial charge in [-0.3, -0.25) is 0 Å². The average Bonchev–Trinajstić information content (AvgIpc) is 3.07. The Morgan fingerprint density at radius 2 is 1.53 bits per heavy atom. The van der Waals surface area contributed by atoms with Gasteiger partial charge in [0.1, 0.15) is 0 Å². The van der Waals surface area contributed by atoms with Gasteiger partial charge in [-0.15, -0.1) is 0 Å². The predicted molar refractivity (Wildman–Crippen MR) is 66.5 cm³/mol. The summed E-state index contributed by atoms with van der Waals surface area (Å²) in [6.07, 6.45) is 0. The molecule has 4 rings (SSSR count). The molecule has 70 valence electrons. The SMILES string of the molecule is c1ccc2c(c1)ccc1c3c(ccc12)[Se]3. The minimum absolute atomic E-state index is 0.671. The summed E-state index contributed by atoms with van der Waals surface area (Å²) >= 11 is 0.671. The molecule has 0 nitrogen and oxygen atoms in total. The van der Waals surface area contributed by atoms with Gasteiger partial charge in [0.15, 0.2) is 0 Å². The van der Waals surface area contributed by atoms with Crippen LogP contribution in [-0.2, 0) is 0 Å². The van der Waals surface area contributed by atoms with Crippen molar-refractivity contribution < 1.29 is 0 Å². The minimum atomic E-state index is 0.671. The summed E-state index contributed by atoms with van der Waals surface area (Å²) in [4.78, 5) is 0. The van der Waals surface area contributed by atoms with Gasteiger partial charge >= 0.3 is 94.0 Å². The molecule has 1 heterocycles. The Bertz CT molecular complexity index is 698. The van der Waals surface area contributed by atoms with Crippen molar-refractivity contribution in [3.05, 3.63) is 48.5 Å². The first-order chi connectivity index (χ1) is 7.43. The topological polar surface area (TPSA) is 0 Å². The average molecular weight is 255 g/mol. The van der Waals surface area contributed by atoms with E-state index in [4.69, 9.17) is 0 Å². The summed E-state index contributed by atoms with van der Waals surface area (Å²) in [6.45, 7) is 0. The van der Waals surface area contributed by atoms with Crippen LogP contribution in [0.1, 0.15) is 0 Å². The summed E-state index contributed by atoms with van der Waals surface area (Å²) in [6, 6.07) is 17.7. The van der Waals surface area contributed by atoms with Crippen molar-refractivity contribution in [1.82, 2.24) is 0 Å². The van der Waals surface area contributed by atoms with Crippen LogP contribution in [0.25, 0.3) is 21.5 Å². The van der Waals surface area contributed by atoms with Crippen molar-refractivity contribution in [3.63, 3.8) is 0 Å². The van der Waals surface area contributed by atoms with E-state index in [-0.39, 0.29) is 0 Å². The van der Waals surface area contributed by atoms with E-state index in [9.17, 15) is 0 Å². The van der Waals surface area contributed by atoms with Crippen LogP contribution in [0.4, 0.5) is 0 Å². The van der Waals surface area contributed by atoms with Crippen molar-refractivity contribution in [2.75, 3.05) is 0 Å². The molecule has 1 aliphatic heterocycles. The molecule has 0 fully saturated rings. The standard InChI is InChI=1S/C14H8Se/c1-2-4-10-9(3-1)5-6-12-11(10)7-8-13-14(12)15-13/h1-8H. The normalized spacial score (nSPS) is 13.1. The van der Waals surface area contributed by atoms with E-state index in [0.717, 1.165) is 0 Å². The van der Waals surface area contributed by atoms with Gasteiger partial charge in [0.2, 0.25) is 0 Å². The second kappa shape index (κ2) is 2.63. The van der Waals surface area contributed by atoms with Crippen molar-refractivity contribution in [2.45, 2.75) is 0 Å². The fourth-order valence-electron chi connectivity index (χ4n) is 2.21. The van der Waals surface area contributed by atoms with Gasteiger partial charge in [-0.05, 0) is 0 Å². The summed E-state index contributed by atoms with van der Waals surface area (Å²) in [5.41, 5.74) is 0. The molecule has 0 aliphatic carbocycles. The van der Waals surface area contributed by atoms with Crippen molar-refractivity contribution in [3.8, 4) is 0 Å². The zero-order valence-electron chi connectivity index (χ0n) is 8.03. The maximum absolute atomic E-state index is 2.30. The Kier molecular flexibility index (Phi) is 1.39. The number of hydrogen-bond donors (Lipinski definition) is 0. The van der Waals surface area contributed by atoms with Crippen LogP contribution in [0.5, 0.6) is 0 Å². The molecular weight excluding hydrogens is 247 g/mol. The van der Waals surface area contributed by atoms with E-state index in [1.165, 1.54) is 21.5 Å². The molecule has 1 aliphatic rings. The van der Waals surface area contributed by atoms with Crippen molar-refractivity contribution >= 4 is 45.4 Å². The molecule has 15 heavy (non-hydrogen) atoms. The molecule has 0 bridgehead atoms. The second-order valence-corrected chi connectivity index (χ2v) is 6.08. The molecule has 0 aromatic heterocycles. The Hall–Kier alpha value is -1.30. The van der Waals surface area contributed by atoms with E-state index < -0.39 is 0 Å². The number of hydrogen-bond acceptors (Lipinski definition) is 0. The van der Waals surface area contributed by atoms with E-state index in [2.05, 4.69) is 48.5 Å². The Balaban J connectivity index is 2.32. The van der Waals surface area contributed by atoms with Gasteiger partial charge in [-0.25, -0.2) is 0 Å². The Morgan fingerprint density at radius 3 is 2.53 bits per heavy atom. The second-order valence-electron chi connectivity index (χ2n) is 3.88. The van der Waals surface area contributed by atoms with Crippen molar-refractivity contribution in [2.24, 2.45) is 0 Å². The van der Waals surface area contributed by atoms with Gasteiger partial charge < -0.3 is 0 Å². The zero-order valence-corrected chi connectivity index (χ0v) is 9.74. The zero-order chi connectivity index (χ0) is 9.83. The van der Waals surface area contributed by atoms with E-state index in [0.29, 0.717) is 15.0 Å². The van der Waals surface area contributed by atoms with Crippen LogP contribution >= 0.6 is 0 Å². The molecule has 3 aromatic carbocycles. The molecule has 0 N–H and O–H groups in total.